The van der Waals surface area contributed by atoms with E-state index in [1.54, 1.807) is 6.21 Å². The summed E-state index contributed by atoms with van der Waals surface area (Å²) in [6, 6.07) is 2.86. The highest BCUT2D eigenvalue weighted by Crippen LogP contribution is 2.56. The lowest BCUT2D eigenvalue weighted by molar-refractivity contribution is -0.192. The molecule has 0 aliphatic carbocycles. The molecule has 7 nitrogen and oxygen atoms in total. The molecule has 1 aromatic carbocycles. The summed E-state index contributed by atoms with van der Waals surface area (Å²) < 4.78 is 8.46. The number of halogens is 3. The summed E-state index contributed by atoms with van der Waals surface area (Å²) in [4.78, 5) is 32.5. The molecule has 11 heteroatoms. The molecule has 2 fully saturated rings. The van der Waals surface area contributed by atoms with Gasteiger partial charge in [-0.15, -0.1) is 11.8 Å². The number of phenols is 1. The van der Waals surface area contributed by atoms with Crippen LogP contribution in [0, 0.1) is 0 Å². The Morgan fingerprint density at radius 1 is 1.14 bits per heavy atom. The maximum absolute atomic E-state index is 13.5. The molecule has 206 valence electrons. The molecule has 1 N–H and O–H groups in total. The maximum atomic E-state index is 13.5. The van der Waals surface area contributed by atoms with Gasteiger partial charge in [-0.2, -0.15) is 0 Å². The van der Waals surface area contributed by atoms with Gasteiger partial charge < -0.3 is 19.5 Å². The summed E-state index contributed by atoms with van der Waals surface area (Å²) in [6.07, 6.45) is 1.60. The first-order chi connectivity index (χ1) is 16.7. The number of ether oxygens (including phenoxy) is 2. The monoisotopic (exact) mass is 592 g/mol. The van der Waals surface area contributed by atoms with E-state index in [-0.39, 0.29) is 16.6 Å². The number of thioether (sulfide) groups is 1. The second-order valence-corrected chi connectivity index (χ2v) is 16.3. The number of fused-ring (bicyclic) bond motifs is 1. The van der Waals surface area contributed by atoms with E-state index in [1.165, 1.54) is 23.8 Å². The zero-order chi connectivity index (χ0) is 28.4. The summed E-state index contributed by atoms with van der Waals surface area (Å²) in [5.74, 6) is -0.846. The van der Waals surface area contributed by atoms with Crippen LogP contribution in [0.2, 0.25) is 0 Å². The van der Waals surface area contributed by atoms with Crippen molar-refractivity contribution in [3.63, 3.8) is 0 Å². The van der Waals surface area contributed by atoms with E-state index < -0.39 is 44.2 Å². The number of hydrogen-bond acceptors (Lipinski definition) is 7. The SMILES string of the molecule is CO[C@@]1(/N=C/c2cc(C(C)(C)C)c(O)c(C(C)(C)C)c2)C(=O)N2[C@@H](C(=O)OCC(Cl)(Cl)Cl)C(C)(C)S[C@@H]21. The minimum absolute atomic E-state index is 0.258. The highest BCUT2D eigenvalue weighted by molar-refractivity contribution is 8.01. The minimum atomic E-state index is -1.76. The van der Waals surface area contributed by atoms with Crippen LogP contribution in [0.1, 0.15) is 72.1 Å². The second-order valence-electron chi connectivity index (χ2n) is 12.0. The number of phenolic OH excluding ortho intramolecular Hbond substituents is 1. The molecule has 2 saturated heterocycles. The van der Waals surface area contributed by atoms with E-state index >= 15 is 0 Å². The summed E-state index contributed by atoms with van der Waals surface area (Å²) in [6.45, 7) is 15.4. The molecule has 37 heavy (non-hydrogen) atoms. The number of esters is 1. The topological polar surface area (TPSA) is 88.4 Å². The third-order valence-corrected chi connectivity index (χ3v) is 8.47. The minimum Gasteiger partial charge on any atom is -0.507 e. The first-order valence-electron chi connectivity index (χ1n) is 11.9. The molecular formula is C26H35Cl3N2O5S. The van der Waals surface area contributed by atoms with Crippen molar-refractivity contribution >= 4 is 64.7 Å². The lowest BCUT2D eigenvalue weighted by atomic mass is 9.78. The van der Waals surface area contributed by atoms with Crippen LogP contribution in [0.15, 0.2) is 17.1 Å². The fourth-order valence-corrected chi connectivity index (χ4v) is 6.46. The number of aromatic hydroxyl groups is 1. The first kappa shape index (κ1) is 30.4. The number of carbonyl (C=O) groups is 2. The van der Waals surface area contributed by atoms with Gasteiger partial charge in [-0.25, -0.2) is 9.79 Å². The Hall–Kier alpha value is -1.19. The van der Waals surface area contributed by atoms with Crippen LogP contribution in [0.3, 0.4) is 0 Å². The summed E-state index contributed by atoms with van der Waals surface area (Å²) in [7, 11) is 1.42. The lowest BCUT2D eigenvalue weighted by Crippen LogP contribution is -2.73. The largest absolute Gasteiger partial charge is 0.507 e. The molecule has 0 radical (unpaired) electrons. The number of amides is 1. The van der Waals surface area contributed by atoms with Crippen molar-refractivity contribution in [1.82, 2.24) is 4.90 Å². The molecule has 3 atom stereocenters. The molecule has 2 heterocycles. The summed E-state index contributed by atoms with van der Waals surface area (Å²) in [5, 5.41) is 10.5. The number of nitrogens with zero attached hydrogens (tertiary/aromatic N) is 2. The second kappa shape index (κ2) is 9.77. The van der Waals surface area contributed by atoms with Crippen molar-refractivity contribution in [2.45, 2.75) is 91.9 Å². The zero-order valence-corrected chi connectivity index (χ0v) is 25.7. The first-order valence-corrected chi connectivity index (χ1v) is 13.9. The van der Waals surface area contributed by atoms with Crippen LogP contribution in [-0.4, -0.2) is 67.5 Å². The van der Waals surface area contributed by atoms with E-state index in [1.807, 2.05) is 67.5 Å². The quantitative estimate of drug-likeness (QED) is 0.203. The Morgan fingerprint density at radius 2 is 1.65 bits per heavy atom. The van der Waals surface area contributed by atoms with Crippen molar-refractivity contribution in [3.05, 3.63) is 28.8 Å². The van der Waals surface area contributed by atoms with Gasteiger partial charge in [0.25, 0.3) is 11.6 Å². The van der Waals surface area contributed by atoms with Crippen molar-refractivity contribution in [2.75, 3.05) is 13.7 Å². The highest BCUT2D eigenvalue weighted by atomic mass is 35.6. The number of rotatable bonds is 5. The van der Waals surface area contributed by atoms with Crippen LogP contribution in [0.4, 0.5) is 0 Å². The van der Waals surface area contributed by atoms with E-state index in [2.05, 4.69) is 4.99 Å². The Morgan fingerprint density at radius 3 is 2.08 bits per heavy atom. The van der Waals surface area contributed by atoms with E-state index in [4.69, 9.17) is 44.3 Å². The van der Waals surface area contributed by atoms with Gasteiger partial charge in [-0.3, -0.25) is 4.79 Å². The molecule has 2 aliphatic rings. The summed E-state index contributed by atoms with van der Waals surface area (Å²) >= 11 is 18.6. The van der Waals surface area contributed by atoms with Gasteiger partial charge >= 0.3 is 5.97 Å². The van der Waals surface area contributed by atoms with Crippen LogP contribution >= 0.6 is 46.6 Å². The van der Waals surface area contributed by atoms with Crippen LogP contribution < -0.4 is 0 Å². The molecule has 1 aromatic rings. The number of hydrogen-bond donors (Lipinski definition) is 1. The molecule has 0 aromatic heterocycles. The van der Waals surface area contributed by atoms with Gasteiger partial charge in [0.1, 0.15) is 23.8 Å². The van der Waals surface area contributed by atoms with E-state index in [0.717, 1.165) is 16.7 Å². The predicted octanol–water partition coefficient (Wildman–Crippen LogP) is 5.72. The molecule has 0 saturated carbocycles. The van der Waals surface area contributed by atoms with Gasteiger partial charge in [0.05, 0.1) is 0 Å². The van der Waals surface area contributed by atoms with Crippen molar-refractivity contribution in [1.29, 1.82) is 0 Å². The van der Waals surface area contributed by atoms with Crippen LogP contribution in [0.25, 0.3) is 0 Å². The number of alkyl halides is 3. The van der Waals surface area contributed by atoms with E-state index in [0.29, 0.717) is 0 Å². The predicted molar refractivity (Wildman–Crippen MR) is 150 cm³/mol. The third kappa shape index (κ3) is 5.74. The third-order valence-electron chi connectivity index (χ3n) is 6.55. The normalized spacial score (nSPS) is 25.8. The van der Waals surface area contributed by atoms with E-state index in [9.17, 15) is 14.7 Å². The standard InChI is InChI=1S/C26H35Cl3N2O5S/c1-22(2,3)15-10-14(11-16(17(15)32)23(4,5)6)12-30-26(35-9)20(34)31-18(24(7,8)37-21(26)31)19(33)36-13-25(27,28)29/h10-12,18,21,32H,13H2,1-9H3/b30-12+/t18-,21+,26-/m0/s1. The number of carbonyl (C=O) groups excluding carboxylic acids is 2. The Bertz CT molecular complexity index is 1090. The average Bonchev–Trinajstić information content (AvgIpc) is 3.00. The number of methoxy groups -OCH3 is 1. The number of benzene rings is 1. The fraction of sp³-hybridized carbons (Fsp3) is 0.654. The molecule has 3 rings (SSSR count). The van der Waals surface area contributed by atoms with Crippen molar-refractivity contribution in [3.8, 4) is 5.75 Å². The van der Waals surface area contributed by atoms with Crippen molar-refractivity contribution < 1.29 is 24.2 Å². The molecule has 0 unspecified atom stereocenters. The highest BCUT2D eigenvalue weighted by Gasteiger charge is 2.73. The van der Waals surface area contributed by atoms with Crippen LogP contribution in [-0.2, 0) is 29.9 Å². The zero-order valence-electron chi connectivity index (χ0n) is 22.6. The van der Waals surface area contributed by atoms with Gasteiger partial charge in [0.2, 0.25) is 3.79 Å². The van der Waals surface area contributed by atoms with Gasteiger partial charge in [-0.1, -0.05) is 76.3 Å². The van der Waals surface area contributed by atoms with Gasteiger partial charge in [0.15, 0.2) is 0 Å². The molecular weight excluding hydrogens is 559 g/mol. The smallest absolute Gasteiger partial charge is 0.330 e. The van der Waals surface area contributed by atoms with Crippen molar-refractivity contribution in [2.24, 2.45) is 4.99 Å². The Balaban J connectivity index is 1.97. The lowest BCUT2D eigenvalue weighted by Gasteiger charge is -2.49. The number of β-lactam (4-membered cyclic amide) rings is 1. The Kier molecular flexibility index (Phi) is 8.02. The fourth-order valence-electron chi connectivity index (χ4n) is 4.63. The van der Waals surface area contributed by atoms with Gasteiger partial charge in [0, 0.05) is 29.2 Å². The Labute approximate surface area is 238 Å². The van der Waals surface area contributed by atoms with Gasteiger partial charge in [-0.05, 0) is 42.4 Å². The molecule has 2 aliphatic heterocycles. The average molecular weight is 594 g/mol. The molecule has 0 bridgehead atoms. The van der Waals surface area contributed by atoms with Crippen LogP contribution in [0.5, 0.6) is 5.75 Å². The molecule has 1 amide bonds. The number of aliphatic imine (C=N–C) groups is 1. The maximum Gasteiger partial charge on any atom is 0.330 e. The summed E-state index contributed by atoms with van der Waals surface area (Å²) in [5.41, 5.74) is 0.151. The molecule has 0 spiro atoms.